The van der Waals surface area contributed by atoms with Gasteiger partial charge in [0.05, 0.1) is 0 Å². The minimum absolute atomic E-state index is 0.118. The van der Waals surface area contributed by atoms with Gasteiger partial charge in [0.25, 0.3) is 0 Å². The lowest BCUT2D eigenvalue weighted by Crippen LogP contribution is -2.18. The smallest absolute Gasteiger partial charge is 0.0295 e. The van der Waals surface area contributed by atoms with E-state index in [2.05, 4.69) is 38.1 Å². The predicted molar refractivity (Wildman–Crippen MR) is 70.3 cm³/mol. The standard InChI is InChI=1S/C14H24N2/c1-10(2)12-5-7-13(8-6-12)14(16)9-4-11(3)15/h5-8,10-11,14H,4,9,15-16H2,1-3H3. The minimum atomic E-state index is 0.118. The molecule has 90 valence electrons. The molecule has 0 fully saturated rings. The summed E-state index contributed by atoms with van der Waals surface area (Å²) in [7, 11) is 0. The van der Waals surface area contributed by atoms with Gasteiger partial charge in [-0.05, 0) is 36.8 Å². The van der Waals surface area contributed by atoms with Crippen molar-refractivity contribution >= 4 is 0 Å². The molecule has 2 heteroatoms. The Hall–Kier alpha value is -0.860. The molecule has 2 unspecified atom stereocenters. The maximum Gasteiger partial charge on any atom is 0.0295 e. The SMILES string of the molecule is CC(N)CCC(N)c1ccc(C(C)C)cc1. The van der Waals surface area contributed by atoms with Crippen molar-refractivity contribution < 1.29 is 0 Å². The van der Waals surface area contributed by atoms with Crippen LogP contribution < -0.4 is 11.5 Å². The van der Waals surface area contributed by atoms with E-state index in [1.807, 2.05) is 6.92 Å². The first-order valence-corrected chi connectivity index (χ1v) is 6.11. The summed E-state index contributed by atoms with van der Waals surface area (Å²) in [6, 6.07) is 8.98. The summed E-state index contributed by atoms with van der Waals surface area (Å²) in [6.45, 7) is 6.42. The summed E-state index contributed by atoms with van der Waals surface area (Å²) >= 11 is 0. The summed E-state index contributed by atoms with van der Waals surface area (Å²) in [5, 5.41) is 0. The molecule has 0 aliphatic carbocycles. The maximum atomic E-state index is 6.11. The Morgan fingerprint density at radius 2 is 1.38 bits per heavy atom. The fourth-order valence-electron chi connectivity index (χ4n) is 1.74. The highest BCUT2D eigenvalue weighted by atomic mass is 14.6. The normalized spacial score (nSPS) is 15.1. The van der Waals surface area contributed by atoms with Crippen LogP contribution in [0.3, 0.4) is 0 Å². The average molecular weight is 220 g/mol. The molecule has 2 nitrogen and oxygen atoms in total. The van der Waals surface area contributed by atoms with Crippen molar-refractivity contribution in [2.45, 2.75) is 51.6 Å². The van der Waals surface area contributed by atoms with E-state index >= 15 is 0 Å². The fraction of sp³-hybridized carbons (Fsp3) is 0.571. The zero-order chi connectivity index (χ0) is 12.1. The number of hydrogen-bond acceptors (Lipinski definition) is 2. The Morgan fingerprint density at radius 3 is 1.81 bits per heavy atom. The summed E-state index contributed by atoms with van der Waals surface area (Å²) < 4.78 is 0. The number of hydrogen-bond donors (Lipinski definition) is 2. The molecule has 0 saturated carbocycles. The van der Waals surface area contributed by atoms with E-state index in [1.54, 1.807) is 0 Å². The van der Waals surface area contributed by atoms with E-state index in [0.29, 0.717) is 5.92 Å². The third-order valence-corrected chi connectivity index (χ3v) is 2.96. The van der Waals surface area contributed by atoms with Gasteiger partial charge in [-0.25, -0.2) is 0 Å². The largest absolute Gasteiger partial charge is 0.328 e. The Balaban J connectivity index is 2.59. The van der Waals surface area contributed by atoms with Crippen LogP contribution in [0.15, 0.2) is 24.3 Å². The average Bonchev–Trinajstić information content (AvgIpc) is 2.26. The van der Waals surface area contributed by atoms with E-state index in [9.17, 15) is 0 Å². The van der Waals surface area contributed by atoms with Gasteiger partial charge in [-0.15, -0.1) is 0 Å². The number of benzene rings is 1. The highest BCUT2D eigenvalue weighted by Crippen LogP contribution is 2.20. The first kappa shape index (κ1) is 13.2. The monoisotopic (exact) mass is 220 g/mol. The van der Waals surface area contributed by atoms with E-state index in [0.717, 1.165) is 12.8 Å². The second kappa shape index (κ2) is 6.02. The lowest BCUT2D eigenvalue weighted by atomic mass is 9.97. The zero-order valence-corrected chi connectivity index (χ0v) is 10.6. The number of nitrogens with two attached hydrogens (primary N) is 2. The van der Waals surface area contributed by atoms with Gasteiger partial charge in [-0.3, -0.25) is 0 Å². The Morgan fingerprint density at radius 1 is 0.875 bits per heavy atom. The van der Waals surface area contributed by atoms with Gasteiger partial charge in [0.15, 0.2) is 0 Å². The molecule has 1 rings (SSSR count). The number of rotatable bonds is 5. The lowest BCUT2D eigenvalue weighted by molar-refractivity contribution is 0.555. The summed E-state index contributed by atoms with van der Waals surface area (Å²) in [5.41, 5.74) is 14.4. The third-order valence-electron chi connectivity index (χ3n) is 2.96. The molecule has 0 bridgehead atoms. The molecule has 0 aromatic heterocycles. The molecular weight excluding hydrogens is 196 g/mol. The molecule has 4 N–H and O–H groups in total. The van der Waals surface area contributed by atoms with E-state index in [4.69, 9.17) is 11.5 Å². The summed E-state index contributed by atoms with van der Waals surface area (Å²) in [4.78, 5) is 0. The zero-order valence-electron chi connectivity index (χ0n) is 10.6. The topological polar surface area (TPSA) is 52.0 Å². The highest BCUT2D eigenvalue weighted by Gasteiger charge is 2.07. The quantitative estimate of drug-likeness (QED) is 0.801. The molecular formula is C14H24N2. The van der Waals surface area contributed by atoms with Crippen molar-refractivity contribution in [2.24, 2.45) is 11.5 Å². The van der Waals surface area contributed by atoms with Crippen LogP contribution >= 0.6 is 0 Å². The van der Waals surface area contributed by atoms with Crippen molar-refractivity contribution in [3.05, 3.63) is 35.4 Å². The van der Waals surface area contributed by atoms with Crippen LogP contribution in [-0.4, -0.2) is 6.04 Å². The summed E-state index contributed by atoms with van der Waals surface area (Å²) in [6.07, 6.45) is 1.94. The van der Waals surface area contributed by atoms with E-state index < -0.39 is 0 Å². The fourth-order valence-corrected chi connectivity index (χ4v) is 1.74. The van der Waals surface area contributed by atoms with Crippen molar-refractivity contribution in [3.63, 3.8) is 0 Å². The molecule has 0 amide bonds. The van der Waals surface area contributed by atoms with Crippen molar-refractivity contribution in [1.82, 2.24) is 0 Å². The molecule has 1 aromatic carbocycles. The first-order valence-electron chi connectivity index (χ1n) is 6.11. The minimum Gasteiger partial charge on any atom is -0.328 e. The van der Waals surface area contributed by atoms with E-state index in [1.165, 1.54) is 11.1 Å². The Bertz CT molecular complexity index is 301. The van der Waals surface area contributed by atoms with E-state index in [-0.39, 0.29) is 12.1 Å². The maximum absolute atomic E-state index is 6.11. The molecule has 0 heterocycles. The van der Waals surface area contributed by atoms with Crippen LogP contribution in [0.25, 0.3) is 0 Å². The van der Waals surface area contributed by atoms with Gasteiger partial charge in [-0.2, -0.15) is 0 Å². The summed E-state index contributed by atoms with van der Waals surface area (Å²) in [5.74, 6) is 0.578. The Kier molecular flexibility index (Phi) is 4.97. The van der Waals surface area contributed by atoms with Crippen LogP contribution in [0.1, 0.15) is 56.7 Å². The van der Waals surface area contributed by atoms with Crippen LogP contribution in [0, 0.1) is 0 Å². The lowest BCUT2D eigenvalue weighted by Gasteiger charge is -2.14. The van der Waals surface area contributed by atoms with Crippen LogP contribution in [0.2, 0.25) is 0 Å². The van der Waals surface area contributed by atoms with Gasteiger partial charge in [0.2, 0.25) is 0 Å². The second-order valence-electron chi connectivity index (χ2n) is 4.98. The molecule has 0 aliphatic rings. The molecule has 0 radical (unpaired) electrons. The van der Waals surface area contributed by atoms with Crippen LogP contribution in [-0.2, 0) is 0 Å². The second-order valence-corrected chi connectivity index (χ2v) is 4.98. The van der Waals surface area contributed by atoms with Gasteiger partial charge in [0.1, 0.15) is 0 Å². The molecule has 2 atom stereocenters. The van der Waals surface area contributed by atoms with Crippen LogP contribution in [0.5, 0.6) is 0 Å². The molecule has 0 spiro atoms. The predicted octanol–water partition coefficient (Wildman–Crippen LogP) is 2.94. The van der Waals surface area contributed by atoms with Crippen LogP contribution in [0.4, 0.5) is 0 Å². The molecule has 1 aromatic rings. The van der Waals surface area contributed by atoms with Crippen molar-refractivity contribution in [1.29, 1.82) is 0 Å². The van der Waals surface area contributed by atoms with Gasteiger partial charge < -0.3 is 11.5 Å². The third kappa shape index (κ3) is 3.95. The van der Waals surface area contributed by atoms with Gasteiger partial charge in [0, 0.05) is 12.1 Å². The van der Waals surface area contributed by atoms with Crippen molar-refractivity contribution in [2.75, 3.05) is 0 Å². The Labute approximate surface area is 99.0 Å². The van der Waals surface area contributed by atoms with Crippen molar-refractivity contribution in [3.8, 4) is 0 Å². The molecule has 16 heavy (non-hydrogen) atoms. The highest BCUT2D eigenvalue weighted by molar-refractivity contribution is 5.26. The first-order chi connectivity index (χ1) is 7.50. The van der Waals surface area contributed by atoms with Gasteiger partial charge in [-0.1, -0.05) is 38.1 Å². The molecule has 0 saturated heterocycles. The molecule has 0 aliphatic heterocycles. The van der Waals surface area contributed by atoms with Gasteiger partial charge >= 0.3 is 0 Å².